The lowest BCUT2D eigenvalue weighted by Gasteiger charge is -2.31. The lowest BCUT2D eigenvalue weighted by molar-refractivity contribution is 0.0421. The fourth-order valence-electron chi connectivity index (χ4n) is 6.98. The van der Waals surface area contributed by atoms with Gasteiger partial charge in [-0.15, -0.1) is 0 Å². The summed E-state index contributed by atoms with van der Waals surface area (Å²) in [5.74, 6) is 0. The molecule has 0 saturated heterocycles. The third-order valence-electron chi connectivity index (χ3n) is 9.34. The third kappa shape index (κ3) is 6.74. The van der Waals surface area contributed by atoms with Crippen LogP contribution in [-0.4, -0.2) is 61.2 Å². The number of benzene rings is 2. The van der Waals surface area contributed by atoms with Gasteiger partial charge in [-0.2, -0.15) is 0 Å². The zero-order valence-electron chi connectivity index (χ0n) is 27.6. The molecule has 2 aromatic carbocycles. The highest BCUT2D eigenvalue weighted by molar-refractivity contribution is 5.46. The summed E-state index contributed by atoms with van der Waals surface area (Å²) in [7, 11) is 8.50. The Morgan fingerprint density at radius 3 is 1.36 bits per heavy atom. The van der Waals surface area contributed by atoms with Gasteiger partial charge in [-0.25, -0.2) is 0 Å². The quantitative estimate of drug-likeness (QED) is 0.189. The molecule has 7 nitrogen and oxygen atoms in total. The number of hydrogen-bond donors (Lipinski definition) is 0. The van der Waals surface area contributed by atoms with Crippen LogP contribution in [0.4, 0.5) is 0 Å². The van der Waals surface area contributed by atoms with Crippen molar-refractivity contribution in [2.24, 2.45) is 0 Å². The maximum Gasteiger partial charge on any atom is 0.0743 e. The molecule has 2 aromatic heterocycles. The first-order valence-electron chi connectivity index (χ1n) is 16.0. The van der Waals surface area contributed by atoms with Crippen LogP contribution in [0.2, 0.25) is 0 Å². The van der Waals surface area contributed by atoms with Crippen LogP contribution in [0.15, 0.2) is 60.7 Å². The molecule has 0 saturated carbocycles. The van der Waals surface area contributed by atoms with Crippen molar-refractivity contribution in [3.63, 3.8) is 0 Å². The lowest BCUT2D eigenvalue weighted by atomic mass is 9.92. The Hall–Kier alpha value is -3.46. The van der Waals surface area contributed by atoms with Gasteiger partial charge in [0, 0.05) is 35.4 Å². The smallest absolute Gasteiger partial charge is 0.0743 e. The molecule has 2 atom stereocenters. The van der Waals surface area contributed by atoms with E-state index >= 15 is 0 Å². The highest BCUT2D eigenvalue weighted by Gasteiger charge is 2.31. The predicted molar refractivity (Wildman–Crippen MR) is 177 cm³/mol. The molecule has 0 radical (unpaired) electrons. The highest BCUT2D eigenvalue weighted by Crippen LogP contribution is 2.37. The van der Waals surface area contributed by atoms with E-state index in [0.717, 1.165) is 35.6 Å². The number of ether oxygens (including phenoxy) is 3. The van der Waals surface area contributed by atoms with Crippen molar-refractivity contribution >= 4 is 0 Å². The van der Waals surface area contributed by atoms with Crippen molar-refractivity contribution in [1.82, 2.24) is 19.8 Å². The Morgan fingerprint density at radius 2 is 0.978 bits per heavy atom. The van der Waals surface area contributed by atoms with Crippen LogP contribution < -0.4 is 0 Å². The van der Waals surface area contributed by atoms with Gasteiger partial charge in [0.05, 0.1) is 63.1 Å². The molecule has 0 N–H and O–H groups in total. The Morgan fingerprint density at radius 1 is 0.600 bits per heavy atom. The Bertz CT molecular complexity index is 1500. The van der Waals surface area contributed by atoms with Crippen LogP contribution >= 0.6 is 0 Å². The van der Waals surface area contributed by atoms with Gasteiger partial charge in [-0.05, 0) is 75.4 Å². The second-order valence-electron chi connectivity index (χ2n) is 12.8. The van der Waals surface area contributed by atoms with E-state index in [9.17, 15) is 0 Å². The molecule has 236 valence electrons. The second-order valence-corrected chi connectivity index (χ2v) is 12.8. The molecule has 2 aliphatic heterocycles. The number of fused-ring (bicyclic) bond motifs is 2. The summed E-state index contributed by atoms with van der Waals surface area (Å²) in [6, 6.07) is 21.3. The number of aromatic nitrogens is 2. The van der Waals surface area contributed by atoms with E-state index in [2.05, 4.69) is 113 Å². The average molecular weight is 607 g/mol. The highest BCUT2D eigenvalue weighted by atomic mass is 16.5. The molecule has 0 fully saturated rings. The van der Waals surface area contributed by atoms with Crippen molar-refractivity contribution in [1.29, 1.82) is 0 Å². The molecule has 0 spiro atoms. The lowest BCUT2D eigenvalue weighted by Crippen LogP contribution is -2.31. The van der Waals surface area contributed by atoms with Crippen molar-refractivity contribution in [3.05, 3.63) is 128 Å². The fraction of sp³-hybridized carbons (Fsp3) is 0.421. The summed E-state index contributed by atoms with van der Waals surface area (Å²) >= 11 is 0. The summed E-state index contributed by atoms with van der Waals surface area (Å²) in [5, 5.41) is 0. The largest absolute Gasteiger partial charge is 0.377 e. The molecule has 0 aliphatic carbocycles. The van der Waals surface area contributed by atoms with E-state index in [1.165, 1.54) is 44.5 Å². The molecular formula is C38H46N4O3. The first-order chi connectivity index (χ1) is 21.8. The monoisotopic (exact) mass is 606 g/mol. The van der Waals surface area contributed by atoms with Gasteiger partial charge in [-0.3, -0.25) is 9.97 Å². The molecule has 7 heteroatoms. The minimum Gasteiger partial charge on any atom is -0.377 e. The second kappa shape index (κ2) is 13.9. The van der Waals surface area contributed by atoms with Crippen molar-refractivity contribution < 1.29 is 14.2 Å². The van der Waals surface area contributed by atoms with Gasteiger partial charge >= 0.3 is 0 Å². The molecule has 0 amide bonds. The maximum absolute atomic E-state index is 6.65. The molecule has 4 aromatic rings. The first kappa shape index (κ1) is 31.5. The summed E-state index contributed by atoms with van der Waals surface area (Å²) in [6.07, 6.45) is 1.62. The third-order valence-corrected chi connectivity index (χ3v) is 9.34. The number of hydrogen-bond acceptors (Lipinski definition) is 7. The fourth-order valence-corrected chi connectivity index (χ4v) is 6.98. The van der Waals surface area contributed by atoms with Crippen molar-refractivity contribution in [2.75, 3.05) is 41.4 Å². The number of rotatable bonds is 12. The van der Waals surface area contributed by atoms with E-state index < -0.39 is 0 Å². The Kier molecular flexibility index (Phi) is 9.73. The number of pyridine rings is 2. The van der Waals surface area contributed by atoms with E-state index in [1.807, 2.05) is 0 Å². The molecule has 4 heterocycles. The van der Waals surface area contributed by atoms with E-state index in [0.29, 0.717) is 39.6 Å². The molecule has 45 heavy (non-hydrogen) atoms. The van der Waals surface area contributed by atoms with Crippen molar-refractivity contribution in [2.45, 2.75) is 65.2 Å². The van der Waals surface area contributed by atoms with E-state index in [-0.39, 0.29) is 12.1 Å². The number of aryl methyl sites for hydroxylation is 2. The maximum atomic E-state index is 6.65. The topological polar surface area (TPSA) is 60.0 Å². The summed E-state index contributed by atoms with van der Waals surface area (Å²) in [4.78, 5) is 14.8. The van der Waals surface area contributed by atoms with E-state index in [1.54, 1.807) is 0 Å². The van der Waals surface area contributed by atoms with Crippen molar-refractivity contribution in [3.8, 4) is 0 Å². The van der Waals surface area contributed by atoms with Gasteiger partial charge in [0.2, 0.25) is 0 Å². The Balaban J connectivity index is 1.23. The number of nitrogens with zero attached hydrogens (tertiary/aromatic N) is 4. The molecule has 6 rings (SSSR count). The zero-order valence-corrected chi connectivity index (χ0v) is 27.6. The Labute approximate surface area is 268 Å². The van der Waals surface area contributed by atoms with Crippen LogP contribution in [0.3, 0.4) is 0 Å². The van der Waals surface area contributed by atoms with Crippen LogP contribution in [0.25, 0.3) is 0 Å². The van der Waals surface area contributed by atoms with Gasteiger partial charge in [0.1, 0.15) is 0 Å². The summed E-state index contributed by atoms with van der Waals surface area (Å²) in [5.41, 5.74) is 14.4. The van der Waals surface area contributed by atoms with Crippen LogP contribution in [0.5, 0.6) is 0 Å². The molecule has 2 unspecified atom stereocenters. The molecule has 2 aliphatic rings. The minimum atomic E-state index is 0.0584. The minimum absolute atomic E-state index is 0.0584. The SMILES string of the molecule is Cc1nc(Cc2ccccc2)c2c(c1C(COCC(c1c(C)nc(Cc3ccccc3)c3c1COC3)N(C)C)N(C)C)COC2. The van der Waals surface area contributed by atoms with Gasteiger partial charge < -0.3 is 24.0 Å². The normalized spacial score (nSPS) is 15.5. The van der Waals surface area contributed by atoms with Gasteiger partial charge in [0.25, 0.3) is 0 Å². The van der Waals surface area contributed by atoms with Gasteiger partial charge in [0.15, 0.2) is 0 Å². The van der Waals surface area contributed by atoms with Crippen LogP contribution in [-0.2, 0) is 53.5 Å². The molecule has 0 bridgehead atoms. The average Bonchev–Trinajstić information content (AvgIpc) is 3.71. The van der Waals surface area contributed by atoms with Crippen LogP contribution in [0.1, 0.15) is 79.4 Å². The summed E-state index contributed by atoms with van der Waals surface area (Å²) < 4.78 is 18.7. The standard InChI is InChI=1S/C38H46N4O3/c1-25-37(31-21-43-19-29(31)33(39-25)17-27-13-9-7-10-14-27)35(41(3)4)23-45-24-36(42(5)6)38-26(2)40-34(30-20-44-22-32(30)38)18-28-15-11-8-12-16-28/h7-16,35-36H,17-24H2,1-6H3. The van der Waals surface area contributed by atoms with Crippen LogP contribution in [0, 0.1) is 13.8 Å². The predicted octanol–water partition coefficient (Wildman–Crippen LogP) is 6.26. The first-order valence-corrected chi connectivity index (χ1v) is 16.0. The zero-order chi connectivity index (χ0) is 31.5. The number of likely N-dealkylation sites (N-methyl/N-ethyl adjacent to an activating group) is 2. The molecular weight excluding hydrogens is 560 g/mol. The van der Waals surface area contributed by atoms with E-state index in [4.69, 9.17) is 24.2 Å². The van der Waals surface area contributed by atoms with Gasteiger partial charge in [-0.1, -0.05) is 60.7 Å². The summed E-state index contributed by atoms with van der Waals surface area (Å²) in [6.45, 7) is 7.85.